The maximum absolute atomic E-state index is 13.4. The van der Waals surface area contributed by atoms with Gasteiger partial charge >= 0.3 is 5.97 Å². The second-order valence-electron chi connectivity index (χ2n) is 13.5. The minimum absolute atomic E-state index is 0.0917. The first-order valence-electron chi connectivity index (χ1n) is 14.9. The van der Waals surface area contributed by atoms with Gasteiger partial charge in [-0.25, -0.2) is 4.79 Å². The number of methoxy groups -OCH3 is 3. The monoisotopic (exact) mass is 557 g/mol. The average molecular weight is 558 g/mol. The van der Waals surface area contributed by atoms with Crippen LogP contribution in [-0.4, -0.2) is 103 Å². The summed E-state index contributed by atoms with van der Waals surface area (Å²) in [4.78, 5) is 15.9. The molecule has 9 nitrogen and oxygen atoms in total. The maximum atomic E-state index is 13.4. The van der Waals surface area contributed by atoms with Gasteiger partial charge in [0.05, 0.1) is 42.7 Å². The van der Waals surface area contributed by atoms with Crippen LogP contribution >= 0.6 is 0 Å². The van der Waals surface area contributed by atoms with Crippen molar-refractivity contribution in [1.82, 2.24) is 4.90 Å². The van der Waals surface area contributed by atoms with Crippen LogP contribution in [0.25, 0.3) is 0 Å². The second kappa shape index (κ2) is 8.88. The molecule has 7 rings (SSSR count). The van der Waals surface area contributed by atoms with Gasteiger partial charge in [-0.3, -0.25) is 4.90 Å². The summed E-state index contributed by atoms with van der Waals surface area (Å²) in [6, 6.07) is 6.70. The molecule has 1 aromatic rings. The predicted molar refractivity (Wildman–Crippen MR) is 144 cm³/mol. The normalized spacial score (nSPS) is 50.1. The highest BCUT2D eigenvalue weighted by Gasteiger charge is 2.88. The van der Waals surface area contributed by atoms with E-state index < -0.39 is 46.1 Å². The second-order valence-corrected chi connectivity index (χ2v) is 13.5. The standard InChI is InChI=1S/C31H43NO8/c1-5-32-15-28(16-37-2)11-10-23(39-4)31-20-12-19-22(33)14-29(35,21(26(31)32)13-30(28,31)36)24(20)25(19)40-27(34)17-6-8-18(38-3)9-7-17/h6-9,19-26,33,35-36H,5,10-16H2,1-4H3/t19-,20-,21+,22+,23+,24-,25+,26?,28+,29+,30+,31-/m1/s1. The number of fused-ring (bicyclic) bond motifs is 2. The molecule has 6 fully saturated rings. The van der Waals surface area contributed by atoms with Crippen LogP contribution in [0.5, 0.6) is 5.75 Å². The van der Waals surface area contributed by atoms with Crippen LogP contribution in [0.4, 0.5) is 0 Å². The van der Waals surface area contributed by atoms with E-state index in [4.69, 9.17) is 18.9 Å². The molecule has 1 aromatic carbocycles. The number of nitrogens with zero attached hydrogens (tertiary/aromatic N) is 1. The van der Waals surface area contributed by atoms with Crippen molar-refractivity contribution in [2.75, 3.05) is 41.0 Å². The van der Waals surface area contributed by atoms with Crippen molar-refractivity contribution in [1.29, 1.82) is 0 Å². The zero-order chi connectivity index (χ0) is 28.2. The number of benzene rings is 1. The first-order chi connectivity index (χ1) is 19.2. The van der Waals surface area contributed by atoms with Gasteiger partial charge in [-0.2, -0.15) is 0 Å². The molecule has 5 aliphatic carbocycles. The Labute approximate surface area is 235 Å². The molecule has 0 radical (unpaired) electrons. The van der Waals surface area contributed by atoms with Crippen LogP contribution in [0.2, 0.25) is 0 Å². The summed E-state index contributed by atoms with van der Waals surface area (Å²) in [5.74, 6) is -1.01. The number of piperidine rings is 1. The number of ether oxygens (including phenoxy) is 4. The quantitative estimate of drug-likeness (QED) is 0.432. The predicted octanol–water partition coefficient (Wildman–Crippen LogP) is 1.87. The van der Waals surface area contributed by atoms with E-state index in [0.717, 1.165) is 19.4 Å². The Morgan fingerprint density at radius 2 is 1.85 bits per heavy atom. The lowest BCUT2D eigenvalue weighted by atomic mass is 9.41. The molecule has 6 aliphatic rings. The molecule has 3 N–H and O–H groups in total. The summed E-state index contributed by atoms with van der Waals surface area (Å²) < 4.78 is 23.6. The van der Waals surface area contributed by atoms with Gasteiger partial charge in [0.25, 0.3) is 0 Å². The van der Waals surface area contributed by atoms with Gasteiger partial charge in [-0.05, 0) is 62.4 Å². The van der Waals surface area contributed by atoms with Gasteiger partial charge in [-0.1, -0.05) is 6.92 Å². The SMILES string of the molecule is CCN1C[C@]2(COC)CC[C@H](OC)[C@]34C1[C@H](C[C@]23O)[C@@]1(O)C[C@H](O)[C@H]2C[C@@H]4[C@@H]1[C@H]2OC(=O)c1ccc(OC)cc1. The van der Waals surface area contributed by atoms with Crippen molar-refractivity contribution in [3.8, 4) is 5.75 Å². The fourth-order valence-electron chi connectivity index (χ4n) is 11.4. The Morgan fingerprint density at radius 3 is 2.50 bits per heavy atom. The highest BCUT2D eigenvalue weighted by Crippen LogP contribution is 2.80. The van der Waals surface area contributed by atoms with Crippen molar-refractivity contribution >= 4 is 5.97 Å². The van der Waals surface area contributed by atoms with E-state index in [0.29, 0.717) is 37.3 Å². The number of aliphatic hydroxyl groups is 3. The summed E-state index contributed by atoms with van der Waals surface area (Å²) >= 11 is 0. The molecule has 1 spiro atoms. The summed E-state index contributed by atoms with van der Waals surface area (Å²) in [6.07, 6.45) is 1.15. The van der Waals surface area contributed by atoms with Crippen LogP contribution in [0.15, 0.2) is 24.3 Å². The highest BCUT2D eigenvalue weighted by molar-refractivity contribution is 5.89. The first kappa shape index (κ1) is 27.1. The van der Waals surface area contributed by atoms with Crippen molar-refractivity contribution < 1.29 is 39.1 Å². The first-order valence-corrected chi connectivity index (χ1v) is 14.9. The van der Waals surface area contributed by atoms with Gasteiger partial charge in [0.2, 0.25) is 0 Å². The fraction of sp³-hybridized carbons (Fsp3) is 0.774. The molecule has 7 bridgehead atoms. The van der Waals surface area contributed by atoms with Gasteiger partial charge in [0.1, 0.15) is 11.9 Å². The average Bonchev–Trinajstić information content (AvgIpc) is 3.37. The molecule has 1 heterocycles. The van der Waals surface area contributed by atoms with E-state index in [1.807, 2.05) is 0 Å². The smallest absolute Gasteiger partial charge is 0.338 e. The maximum Gasteiger partial charge on any atom is 0.338 e. The molecule has 1 aliphatic heterocycles. The third kappa shape index (κ3) is 2.97. The third-order valence-corrected chi connectivity index (χ3v) is 12.6. The number of rotatable bonds is 7. The van der Waals surface area contributed by atoms with Crippen molar-refractivity contribution in [3.63, 3.8) is 0 Å². The zero-order valence-electron chi connectivity index (χ0n) is 23.9. The van der Waals surface area contributed by atoms with Gasteiger partial charge < -0.3 is 34.3 Å². The van der Waals surface area contributed by atoms with Gasteiger partial charge in [-0.15, -0.1) is 0 Å². The summed E-state index contributed by atoms with van der Waals surface area (Å²) in [7, 11) is 5.02. The third-order valence-electron chi connectivity index (χ3n) is 12.6. The van der Waals surface area contributed by atoms with Crippen molar-refractivity contribution in [3.05, 3.63) is 29.8 Å². The zero-order valence-corrected chi connectivity index (χ0v) is 23.9. The molecular weight excluding hydrogens is 514 g/mol. The molecule has 9 heteroatoms. The highest BCUT2D eigenvalue weighted by atomic mass is 16.5. The van der Waals surface area contributed by atoms with Crippen LogP contribution in [0.1, 0.15) is 49.4 Å². The molecular formula is C31H43NO8. The Balaban J connectivity index is 1.36. The number of carbonyl (C=O) groups is 1. The van der Waals surface area contributed by atoms with Crippen LogP contribution in [-0.2, 0) is 14.2 Å². The number of esters is 1. The summed E-state index contributed by atoms with van der Waals surface area (Å²) in [5.41, 5.74) is -3.14. The van der Waals surface area contributed by atoms with Crippen molar-refractivity contribution in [2.45, 2.75) is 74.6 Å². The van der Waals surface area contributed by atoms with Gasteiger partial charge in [0.15, 0.2) is 0 Å². The summed E-state index contributed by atoms with van der Waals surface area (Å²) in [5, 5.41) is 37.4. The van der Waals surface area contributed by atoms with E-state index in [9.17, 15) is 20.1 Å². The lowest BCUT2D eigenvalue weighted by molar-refractivity contribution is -0.324. The minimum Gasteiger partial charge on any atom is -0.497 e. The Morgan fingerprint density at radius 1 is 1.10 bits per heavy atom. The largest absolute Gasteiger partial charge is 0.497 e. The van der Waals surface area contributed by atoms with E-state index in [1.54, 1.807) is 45.6 Å². The molecule has 40 heavy (non-hydrogen) atoms. The molecule has 1 unspecified atom stereocenters. The molecule has 5 saturated carbocycles. The van der Waals surface area contributed by atoms with Crippen LogP contribution < -0.4 is 4.74 Å². The van der Waals surface area contributed by atoms with Crippen molar-refractivity contribution in [2.24, 2.45) is 34.5 Å². The molecule has 220 valence electrons. The Bertz CT molecular complexity index is 1180. The van der Waals surface area contributed by atoms with E-state index in [-0.39, 0.29) is 36.3 Å². The number of carbonyl (C=O) groups excluding carboxylic acids is 1. The number of aliphatic hydroxyl groups excluding tert-OH is 1. The number of likely N-dealkylation sites (tertiary alicyclic amines) is 1. The topological polar surface area (TPSA) is 118 Å². The lowest BCUT2D eigenvalue weighted by Crippen LogP contribution is -2.81. The van der Waals surface area contributed by atoms with Gasteiger partial charge in [0, 0.05) is 61.8 Å². The molecule has 0 amide bonds. The Kier molecular flexibility index (Phi) is 6.02. The number of hydrogen-bond acceptors (Lipinski definition) is 9. The number of hydrogen-bond donors (Lipinski definition) is 3. The van der Waals surface area contributed by atoms with Crippen LogP contribution in [0, 0.1) is 34.5 Å². The van der Waals surface area contributed by atoms with E-state index in [1.165, 1.54) is 0 Å². The molecule has 0 aromatic heterocycles. The van der Waals surface area contributed by atoms with E-state index in [2.05, 4.69) is 11.8 Å². The van der Waals surface area contributed by atoms with Crippen LogP contribution in [0.3, 0.4) is 0 Å². The lowest BCUT2D eigenvalue weighted by Gasteiger charge is -2.71. The molecule has 1 saturated heterocycles. The summed E-state index contributed by atoms with van der Waals surface area (Å²) in [6.45, 7) is 4.09. The fourth-order valence-corrected chi connectivity index (χ4v) is 11.4. The Hall–Kier alpha value is -1.75. The minimum atomic E-state index is -1.28. The molecule has 12 atom stereocenters. The van der Waals surface area contributed by atoms with E-state index >= 15 is 0 Å².